The summed E-state index contributed by atoms with van der Waals surface area (Å²) in [7, 11) is 0. The van der Waals surface area contributed by atoms with Gasteiger partial charge in [-0.05, 0) is 62.4 Å². The van der Waals surface area contributed by atoms with Crippen LogP contribution in [0.25, 0.3) is 5.57 Å². The zero-order valence-electron chi connectivity index (χ0n) is 28.1. The van der Waals surface area contributed by atoms with Crippen LogP contribution in [0.4, 0.5) is 10.8 Å². The second-order valence-electron chi connectivity index (χ2n) is 12.7. The first-order chi connectivity index (χ1) is 25.6. The molecule has 3 aromatic rings. The van der Waals surface area contributed by atoms with Crippen molar-refractivity contribution in [3.8, 4) is 5.75 Å². The number of nitrogens with zero attached hydrogens (tertiary/aromatic N) is 4. The maximum absolute atomic E-state index is 13.7. The first kappa shape index (κ1) is 35.6. The lowest BCUT2D eigenvalue weighted by Gasteiger charge is -2.49. The van der Waals surface area contributed by atoms with Gasteiger partial charge in [-0.1, -0.05) is 5.16 Å². The maximum Gasteiger partial charge on any atom is 0.352 e. The van der Waals surface area contributed by atoms with Crippen molar-refractivity contribution in [1.29, 1.82) is 0 Å². The first-order valence-electron chi connectivity index (χ1n) is 16.8. The number of aromatic nitrogens is 2. The number of carboxylic acids is 1. The molecule has 1 saturated carbocycles. The van der Waals surface area contributed by atoms with Gasteiger partial charge >= 0.3 is 5.97 Å². The van der Waals surface area contributed by atoms with Gasteiger partial charge in [0.05, 0.1) is 0 Å². The van der Waals surface area contributed by atoms with E-state index in [1.165, 1.54) is 23.9 Å². The minimum absolute atomic E-state index is 0.0603. The number of hydrogen-bond donors (Lipinski definition) is 6. The molecule has 3 fully saturated rings. The van der Waals surface area contributed by atoms with E-state index in [0.717, 1.165) is 41.9 Å². The number of aliphatic carboxylic acids is 1. The summed E-state index contributed by atoms with van der Waals surface area (Å²) in [5.41, 5.74) is 7.53. The van der Waals surface area contributed by atoms with Gasteiger partial charge in [-0.25, -0.2) is 9.78 Å². The number of phenolic OH excluding ortho intramolecular Hbond substituents is 1. The number of phenols is 1. The number of rotatable bonds is 11. The maximum atomic E-state index is 13.7. The molecule has 274 valence electrons. The highest BCUT2D eigenvalue weighted by atomic mass is 32.2. The molecule has 18 heteroatoms. The number of fused-ring (bicyclic) bond motifs is 1. The van der Waals surface area contributed by atoms with Crippen LogP contribution in [-0.2, 0) is 35.4 Å². The summed E-state index contributed by atoms with van der Waals surface area (Å²) in [6.07, 6.45) is 7.07. The van der Waals surface area contributed by atoms with Gasteiger partial charge in [0.15, 0.2) is 23.2 Å². The average Bonchev–Trinajstić information content (AvgIpc) is 3.92. The number of allylic oxidation sites excluding steroid dienone is 1. The van der Waals surface area contributed by atoms with Crippen LogP contribution in [0.1, 0.15) is 43.4 Å². The molecule has 53 heavy (non-hydrogen) atoms. The zero-order chi connectivity index (χ0) is 37.2. The number of nitrogen functional groups attached to an aromatic ring is 1. The number of pyridine rings is 1. The van der Waals surface area contributed by atoms with Gasteiger partial charge in [0.25, 0.3) is 17.7 Å². The van der Waals surface area contributed by atoms with Gasteiger partial charge in [-0.2, -0.15) is 4.57 Å². The Balaban J connectivity index is 1.16. The average molecular weight is 760 g/mol. The number of β-lactam (4-membered cyclic amide) rings is 1. The third kappa shape index (κ3) is 7.45. The summed E-state index contributed by atoms with van der Waals surface area (Å²) >= 11 is 2.37. The van der Waals surface area contributed by atoms with Crippen molar-refractivity contribution in [2.24, 2.45) is 5.16 Å². The number of oxime groups is 1. The number of amides is 4. The molecule has 1 aliphatic carbocycles. The lowest BCUT2D eigenvalue weighted by molar-refractivity contribution is -0.684. The van der Waals surface area contributed by atoms with Crippen LogP contribution >= 0.6 is 23.1 Å². The van der Waals surface area contributed by atoms with Crippen LogP contribution in [0.2, 0.25) is 0 Å². The standard InChI is InChI=1S/C35H34N8O8S2/c36-35-39-24(17-53-35)27(41-51-21-5-1-2-6-21)31(47)40-28-32(48)43-29(34(49)50)23(16-52-33(28)43)26(22-11-12-37-30(22)46)18-4-3-13-42(14-18)15-25(45)38-19-7-9-20(44)10-8-19/h3-4,7-10,13-14,17,21,28,33H,1-2,5-6,11-12,15-16H2,(H6-,36,37,38,39,40,41,44,45,46,47,49,50)/p+1/t28-,33-/m1/s1. The van der Waals surface area contributed by atoms with Crippen molar-refractivity contribution in [2.45, 2.75) is 56.2 Å². The van der Waals surface area contributed by atoms with Crippen LogP contribution in [-0.4, -0.2) is 85.2 Å². The highest BCUT2D eigenvalue weighted by Crippen LogP contribution is 2.45. The van der Waals surface area contributed by atoms with Gasteiger partial charge in [-0.3, -0.25) is 24.1 Å². The molecule has 16 nitrogen and oxygen atoms in total. The molecule has 2 aromatic heterocycles. The summed E-state index contributed by atoms with van der Waals surface area (Å²) < 4.78 is 1.60. The third-order valence-electron chi connectivity index (χ3n) is 9.19. The number of thiazole rings is 1. The minimum Gasteiger partial charge on any atom is -0.508 e. The highest BCUT2D eigenvalue weighted by molar-refractivity contribution is 8.00. The highest BCUT2D eigenvalue weighted by Gasteiger charge is 2.55. The number of aromatic hydroxyl groups is 1. The molecule has 0 radical (unpaired) electrons. The van der Waals surface area contributed by atoms with Crippen LogP contribution in [0.3, 0.4) is 0 Å². The SMILES string of the molecule is Nc1nc(C(=NOC2CCCC2)C(=O)N[C@@H]2C(=O)N3C(C(=O)O)=C(C(=C4CCNC4=O)c4ccc[n+](CC(=O)Nc5ccc(O)cc5)c4)CS[C@H]23)cs1. The van der Waals surface area contributed by atoms with Gasteiger partial charge < -0.3 is 36.7 Å². The molecule has 5 heterocycles. The van der Waals surface area contributed by atoms with E-state index in [-0.39, 0.29) is 63.8 Å². The molecule has 2 saturated heterocycles. The van der Waals surface area contributed by atoms with Crippen LogP contribution in [0.15, 0.2) is 76.2 Å². The normalized spacial score (nSPS) is 21.1. The quantitative estimate of drug-likeness (QED) is 0.0412. The zero-order valence-corrected chi connectivity index (χ0v) is 29.7. The van der Waals surface area contributed by atoms with E-state index in [0.29, 0.717) is 35.4 Å². The number of hydrogen-bond acceptors (Lipinski definition) is 12. The number of anilines is 2. The Morgan fingerprint density at radius 3 is 2.60 bits per heavy atom. The van der Waals surface area contributed by atoms with Crippen molar-refractivity contribution in [3.63, 3.8) is 0 Å². The molecular formula is C35H35N8O8S2+. The Hall–Kier alpha value is -5.75. The summed E-state index contributed by atoms with van der Waals surface area (Å²) in [6.45, 7) is 0.238. The van der Waals surface area contributed by atoms with Gasteiger partial charge in [0, 0.05) is 51.7 Å². The molecule has 3 aliphatic heterocycles. The van der Waals surface area contributed by atoms with E-state index in [4.69, 9.17) is 10.6 Å². The molecule has 7 N–H and O–H groups in total. The number of nitrogens with one attached hydrogen (secondary N) is 3. The van der Waals surface area contributed by atoms with E-state index < -0.39 is 29.2 Å². The fourth-order valence-corrected chi connectivity index (χ4v) is 8.61. The van der Waals surface area contributed by atoms with E-state index in [1.807, 2.05) is 0 Å². The topological polar surface area (TPSA) is 230 Å². The first-order valence-corrected chi connectivity index (χ1v) is 18.8. The molecule has 0 spiro atoms. The summed E-state index contributed by atoms with van der Waals surface area (Å²) in [5, 5.41) is 33.5. The van der Waals surface area contributed by atoms with E-state index in [9.17, 15) is 34.2 Å². The monoisotopic (exact) mass is 759 g/mol. The number of carboxylic acid groups (broad SMARTS) is 1. The van der Waals surface area contributed by atoms with Crippen molar-refractivity contribution >= 4 is 74.8 Å². The molecule has 0 unspecified atom stereocenters. The van der Waals surface area contributed by atoms with Crippen molar-refractivity contribution in [3.05, 3.63) is 82.3 Å². The predicted molar refractivity (Wildman–Crippen MR) is 194 cm³/mol. The van der Waals surface area contributed by atoms with Crippen molar-refractivity contribution in [1.82, 2.24) is 20.5 Å². The van der Waals surface area contributed by atoms with Crippen LogP contribution in [0.5, 0.6) is 5.75 Å². The Kier molecular flexibility index (Phi) is 10.1. The summed E-state index contributed by atoms with van der Waals surface area (Å²) in [5.74, 6) is -3.30. The largest absolute Gasteiger partial charge is 0.508 e. The second kappa shape index (κ2) is 15.1. The van der Waals surface area contributed by atoms with E-state index in [1.54, 1.807) is 46.6 Å². The Bertz CT molecular complexity index is 2090. The van der Waals surface area contributed by atoms with Gasteiger partial charge in [-0.15, -0.1) is 23.1 Å². The number of carbonyl (C=O) groups excluding carboxylic acids is 4. The van der Waals surface area contributed by atoms with Gasteiger partial charge in [0.2, 0.25) is 12.5 Å². The molecule has 7 rings (SSSR count). The number of benzene rings is 1. The second-order valence-corrected chi connectivity index (χ2v) is 14.7. The lowest BCUT2D eigenvalue weighted by Crippen LogP contribution is -2.71. The fraction of sp³-hybridized carbons (Fsp3) is 0.314. The number of thioether (sulfide) groups is 1. The number of nitrogens with two attached hydrogens (primary N) is 1. The smallest absolute Gasteiger partial charge is 0.352 e. The van der Waals surface area contributed by atoms with Crippen LogP contribution < -0.4 is 26.3 Å². The van der Waals surface area contributed by atoms with Crippen LogP contribution in [0, 0.1) is 0 Å². The third-order valence-corrected chi connectivity index (χ3v) is 11.1. The summed E-state index contributed by atoms with van der Waals surface area (Å²) in [6, 6.07) is 8.34. The van der Waals surface area contributed by atoms with Crippen molar-refractivity contribution < 1.29 is 43.6 Å². The summed E-state index contributed by atoms with van der Waals surface area (Å²) in [4.78, 5) is 77.3. The minimum atomic E-state index is -1.37. The predicted octanol–water partition coefficient (Wildman–Crippen LogP) is 1.73. The molecule has 4 amide bonds. The molecule has 0 bridgehead atoms. The molecular weight excluding hydrogens is 725 g/mol. The number of carbonyl (C=O) groups is 5. The molecule has 4 aliphatic rings. The fourth-order valence-electron chi connectivity index (χ4n) is 6.71. The van der Waals surface area contributed by atoms with E-state index in [2.05, 4.69) is 26.1 Å². The Morgan fingerprint density at radius 2 is 1.92 bits per heavy atom. The lowest BCUT2D eigenvalue weighted by atomic mass is 9.90. The van der Waals surface area contributed by atoms with Crippen molar-refractivity contribution in [2.75, 3.05) is 23.3 Å². The molecule has 1 aromatic carbocycles. The van der Waals surface area contributed by atoms with Gasteiger partial charge in [0.1, 0.15) is 34.7 Å². The van der Waals surface area contributed by atoms with E-state index >= 15 is 0 Å². The Morgan fingerprint density at radius 1 is 1.15 bits per heavy atom. The molecule has 2 atom stereocenters. The Labute approximate surface area is 310 Å².